The zero-order valence-corrected chi connectivity index (χ0v) is 34.2. The molecule has 0 spiro atoms. The first-order chi connectivity index (χ1) is 28.6. The lowest BCUT2D eigenvalue weighted by Crippen LogP contribution is -2.49. The van der Waals surface area contributed by atoms with Gasteiger partial charge in [0.1, 0.15) is 0 Å². The lowest BCUT2D eigenvalue weighted by molar-refractivity contribution is 0.182. The second kappa shape index (κ2) is 18.9. The Labute approximate surface area is 349 Å². The molecule has 18 heteroatoms. The minimum atomic E-state index is -0.526. The number of H-pyrrole nitrogens is 2. The molecule has 1 unspecified atom stereocenters. The maximum Gasteiger partial charge on any atom is 0.317 e. The second-order valence-electron chi connectivity index (χ2n) is 14.5. The third kappa shape index (κ3) is 9.94. The lowest BCUT2D eigenvalue weighted by Gasteiger charge is -2.33. The summed E-state index contributed by atoms with van der Waals surface area (Å²) in [6.07, 6.45) is 10.1. The first-order valence-corrected chi connectivity index (χ1v) is 20.5. The highest BCUT2D eigenvalue weighted by atomic mass is 35.5. The van der Waals surface area contributed by atoms with Crippen molar-refractivity contribution in [2.75, 3.05) is 49.9 Å². The molecule has 4 aromatic heterocycles. The molecule has 0 radical (unpaired) electrons. The molecule has 6 N–H and O–H groups in total. The zero-order valence-electron chi connectivity index (χ0n) is 32.7. The molecular formula is C41H46Cl2F2N12O2. The van der Waals surface area contributed by atoms with Gasteiger partial charge in [-0.2, -0.15) is 0 Å². The van der Waals surface area contributed by atoms with E-state index in [2.05, 4.69) is 51.2 Å². The minimum Gasteiger partial charge on any atom is -0.363 e. The largest absolute Gasteiger partial charge is 0.363 e. The van der Waals surface area contributed by atoms with Crippen molar-refractivity contribution >= 4 is 68.7 Å². The topological polar surface area (TPSA) is 172 Å². The molecule has 0 bridgehead atoms. The third-order valence-corrected chi connectivity index (χ3v) is 10.7. The number of anilines is 2. The van der Waals surface area contributed by atoms with Crippen LogP contribution in [-0.2, 0) is 0 Å². The maximum atomic E-state index is 14.5. The number of carbonyl (C=O) groups excluding carboxylic acids is 2. The summed E-state index contributed by atoms with van der Waals surface area (Å²) in [7, 11) is 0. The Balaban J connectivity index is 0.000000179. The van der Waals surface area contributed by atoms with Gasteiger partial charge in [0, 0.05) is 107 Å². The highest BCUT2D eigenvalue weighted by molar-refractivity contribution is 6.31. The molecule has 310 valence electrons. The van der Waals surface area contributed by atoms with Crippen LogP contribution >= 0.6 is 23.2 Å². The predicted molar refractivity (Wildman–Crippen MR) is 228 cm³/mol. The Morgan fingerprint density at radius 1 is 0.746 bits per heavy atom. The van der Waals surface area contributed by atoms with Crippen LogP contribution in [0.5, 0.6) is 0 Å². The van der Waals surface area contributed by atoms with Crippen molar-refractivity contribution in [2.45, 2.75) is 58.0 Å². The summed E-state index contributed by atoms with van der Waals surface area (Å²) in [6, 6.07) is 10.7. The van der Waals surface area contributed by atoms with Crippen molar-refractivity contribution in [1.82, 2.24) is 50.3 Å². The first-order valence-electron chi connectivity index (χ1n) is 19.8. The smallest absolute Gasteiger partial charge is 0.317 e. The zero-order chi connectivity index (χ0) is 41.5. The van der Waals surface area contributed by atoms with E-state index in [4.69, 9.17) is 23.2 Å². The van der Waals surface area contributed by atoms with E-state index >= 15 is 0 Å². The summed E-state index contributed by atoms with van der Waals surface area (Å²) in [5.41, 5.74) is 3.30. The Kier molecular flexibility index (Phi) is 13.3. The van der Waals surface area contributed by atoms with Crippen molar-refractivity contribution < 1.29 is 18.4 Å². The molecule has 2 fully saturated rings. The van der Waals surface area contributed by atoms with Gasteiger partial charge in [-0.15, -0.1) is 0 Å². The van der Waals surface area contributed by atoms with Gasteiger partial charge in [0.2, 0.25) is 0 Å². The average molecular weight is 848 g/mol. The summed E-state index contributed by atoms with van der Waals surface area (Å²) >= 11 is 12.2. The van der Waals surface area contributed by atoms with Gasteiger partial charge < -0.3 is 41.0 Å². The fourth-order valence-electron chi connectivity index (χ4n) is 7.30. The number of hydrogen-bond donors (Lipinski definition) is 6. The first kappa shape index (κ1) is 41.4. The van der Waals surface area contributed by atoms with E-state index in [1.807, 2.05) is 38.1 Å². The third-order valence-electron chi connectivity index (χ3n) is 10.2. The molecule has 6 aromatic rings. The number of aromatic amines is 2. The van der Waals surface area contributed by atoms with Crippen LogP contribution in [0.15, 0.2) is 61.2 Å². The van der Waals surface area contributed by atoms with Crippen LogP contribution in [0.2, 0.25) is 10.0 Å². The number of nitrogens with one attached hydrogen (secondary N) is 6. The molecule has 0 aliphatic carbocycles. The molecule has 2 saturated heterocycles. The lowest BCUT2D eigenvalue weighted by atomic mass is 10.1. The molecule has 0 saturated carbocycles. The van der Waals surface area contributed by atoms with Gasteiger partial charge in [-0.25, -0.2) is 38.3 Å². The van der Waals surface area contributed by atoms with Gasteiger partial charge in [0.15, 0.2) is 34.9 Å². The summed E-state index contributed by atoms with van der Waals surface area (Å²) in [5.74, 6) is 0.0249. The number of fused-ring (bicyclic) bond motifs is 2. The summed E-state index contributed by atoms with van der Waals surface area (Å²) in [5, 5.41) is 15.0. The summed E-state index contributed by atoms with van der Waals surface area (Å²) in [4.78, 5) is 51.3. The maximum absolute atomic E-state index is 14.5. The number of amides is 4. The van der Waals surface area contributed by atoms with Gasteiger partial charge >= 0.3 is 12.1 Å². The monoisotopic (exact) mass is 846 g/mol. The van der Waals surface area contributed by atoms with Crippen LogP contribution in [0.3, 0.4) is 0 Å². The Morgan fingerprint density at radius 3 is 1.68 bits per heavy atom. The second-order valence-corrected chi connectivity index (χ2v) is 15.4. The molecule has 2 atom stereocenters. The Hall–Kier alpha value is -5.74. The van der Waals surface area contributed by atoms with Crippen LogP contribution in [0.4, 0.5) is 30.0 Å². The number of nitrogens with zero attached hydrogens (tertiary/aromatic N) is 6. The highest BCUT2D eigenvalue weighted by Gasteiger charge is 2.26. The molecule has 59 heavy (non-hydrogen) atoms. The number of hydrogen-bond acceptors (Lipinski definition) is 8. The number of carbonyl (C=O) groups is 2. The summed E-state index contributed by atoms with van der Waals surface area (Å²) < 4.78 is 28.9. The molecular weight excluding hydrogens is 801 g/mol. The van der Waals surface area contributed by atoms with Crippen LogP contribution in [0.25, 0.3) is 44.6 Å². The van der Waals surface area contributed by atoms with Crippen molar-refractivity contribution in [1.29, 1.82) is 0 Å². The number of likely N-dealkylation sites (tertiary alicyclic amines) is 2. The fourth-order valence-corrected chi connectivity index (χ4v) is 7.65. The van der Waals surface area contributed by atoms with E-state index in [-0.39, 0.29) is 35.8 Å². The highest BCUT2D eigenvalue weighted by Crippen LogP contribution is 2.31. The van der Waals surface area contributed by atoms with E-state index in [1.54, 1.807) is 34.3 Å². The van der Waals surface area contributed by atoms with Crippen LogP contribution in [-0.4, -0.2) is 103 Å². The van der Waals surface area contributed by atoms with Crippen molar-refractivity contribution in [2.24, 2.45) is 0 Å². The van der Waals surface area contributed by atoms with Crippen molar-refractivity contribution in [3.05, 3.63) is 82.9 Å². The fraction of sp³-hybridized carbons (Fsp3) is 0.366. The van der Waals surface area contributed by atoms with Gasteiger partial charge in [0.25, 0.3) is 0 Å². The summed E-state index contributed by atoms with van der Waals surface area (Å²) in [6.45, 7) is 7.49. The van der Waals surface area contributed by atoms with Gasteiger partial charge in [0.05, 0.1) is 12.4 Å². The van der Waals surface area contributed by atoms with E-state index in [0.29, 0.717) is 61.0 Å². The van der Waals surface area contributed by atoms with Crippen molar-refractivity contribution in [3.8, 4) is 22.8 Å². The Morgan fingerprint density at radius 2 is 1.22 bits per heavy atom. The molecule has 2 aliphatic rings. The van der Waals surface area contributed by atoms with Crippen LogP contribution in [0, 0.1) is 11.6 Å². The number of rotatable bonds is 9. The molecule has 2 aliphatic heterocycles. The molecule has 2 aromatic carbocycles. The average Bonchev–Trinajstić information content (AvgIpc) is 3.86. The number of piperidine rings is 2. The number of urea groups is 2. The van der Waals surface area contributed by atoms with Crippen LogP contribution < -0.4 is 21.3 Å². The molecule has 14 nitrogen and oxygen atoms in total. The van der Waals surface area contributed by atoms with E-state index < -0.39 is 11.6 Å². The van der Waals surface area contributed by atoms with E-state index in [9.17, 15) is 18.4 Å². The SMILES string of the molecule is CCCNC(=O)N1CCCC(Nc2nc(-c3c[nH]c4ccc(Cl)cc34)ncc2F)C1.CCNC(=O)N1CCC[C@H](Nc2nc(-c3c[nH]c4ccc(Cl)cc34)ncc2F)C1. The predicted octanol–water partition coefficient (Wildman–Crippen LogP) is 8.44. The molecule has 8 rings (SSSR count). The van der Waals surface area contributed by atoms with E-state index in [1.165, 1.54) is 12.4 Å². The quantitative estimate of drug-likeness (QED) is 0.0842. The van der Waals surface area contributed by atoms with E-state index in [0.717, 1.165) is 65.0 Å². The Bertz CT molecular complexity index is 2430. The standard InChI is InChI=1S/C21H24ClFN6O.C20H22ClFN6O/c1-2-7-24-21(30)29-8-3-4-14(12-29)27-20-17(23)11-26-19(28-20)16-10-25-18-6-5-13(22)9-15(16)18;1-2-23-20(29)28-7-3-4-13(11-28)26-19-16(22)10-25-18(27-19)15-9-24-17-6-5-12(21)8-14(15)17/h5-6,9-11,14,25H,2-4,7-8,12H2,1H3,(H,24,30)(H,26,27,28);5-6,8-10,13,24H,2-4,7,11H2,1H3,(H,23,29)(H,25,26,27)/t;13-/m.0/s1. The van der Waals surface area contributed by atoms with Crippen molar-refractivity contribution in [3.63, 3.8) is 0 Å². The van der Waals surface area contributed by atoms with Crippen LogP contribution in [0.1, 0.15) is 46.0 Å². The van der Waals surface area contributed by atoms with Gasteiger partial charge in [-0.05, 0) is 75.4 Å². The number of halogens is 4. The number of benzene rings is 2. The van der Waals surface area contributed by atoms with Gasteiger partial charge in [-0.1, -0.05) is 30.1 Å². The minimum absolute atomic E-state index is 0.0807. The van der Waals surface area contributed by atoms with Gasteiger partial charge in [-0.3, -0.25) is 0 Å². The number of aromatic nitrogens is 6. The normalized spacial score (nSPS) is 16.7. The molecule has 6 heterocycles. The molecule has 4 amide bonds.